The van der Waals surface area contributed by atoms with Gasteiger partial charge in [-0.05, 0) is 42.7 Å². The van der Waals surface area contributed by atoms with E-state index in [-0.39, 0.29) is 37.6 Å². The Hall–Kier alpha value is -3.66. The number of ether oxygens (including phenoxy) is 3. The number of hydrogen-bond acceptors (Lipinski definition) is 7. The van der Waals surface area contributed by atoms with Gasteiger partial charge in [0.1, 0.15) is 29.6 Å². The lowest BCUT2D eigenvalue weighted by atomic mass is 10.0. The van der Waals surface area contributed by atoms with Crippen LogP contribution in [-0.4, -0.2) is 72.2 Å². The quantitative estimate of drug-likeness (QED) is 0.436. The third-order valence-corrected chi connectivity index (χ3v) is 6.51. The summed E-state index contributed by atoms with van der Waals surface area (Å²) in [5, 5.41) is 11.5. The first kappa shape index (κ1) is 25.4. The second kappa shape index (κ2) is 11.9. The summed E-state index contributed by atoms with van der Waals surface area (Å²) < 4.78 is 17.8. The summed E-state index contributed by atoms with van der Waals surface area (Å²) in [4.78, 5) is 29.1. The highest BCUT2D eigenvalue weighted by Gasteiger charge is 2.34. The monoisotopic (exact) mass is 495 g/mol. The molecule has 3 aromatic rings. The molecule has 10 heteroatoms. The second-order valence-corrected chi connectivity index (χ2v) is 8.85. The number of aromatic nitrogens is 3. The van der Waals surface area contributed by atoms with E-state index in [9.17, 15) is 9.59 Å². The van der Waals surface area contributed by atoms with Crippen LogP contribution in [0.15, 0.2) is 42.5 Å². The first-order valence-electron chi connectivity index (χ1n) is 12.1. The van der Waals surface area contributed by atoms with Crippen molar-refractivity contribution in [2.24, 2.45) is 0 Å². The maximum atomic E-state index is 13.8. The fourth-order valence-corrected chi connectivity index (χ4v) is 4.65. The third-order valence-electron chi connectivity index (χ3n) is 6.51. The normalized spacial score (nSPS) is 14.5. The van der Waals surface area contributed by atoms with Gasteiger partial charge in [0, 0.05) is 25.8 Å². The Labute approximate surface area is 210 Å². The molecule has 1 heterocycles. The van der Waals surface area contributed by atoms with Crippen LogP contribution in [0.4, 0.5) is 0 Å². The van der Waals surface area contributed by atoms with Crippen LogP contribution in [0.2, 0.25) is 0 Å². The van der Waals surface area contributed by atoms with Gasteiger partial charge in [-0.15, -0.1) is 5.10 Å². The van der Waals surface area contributed by atoms with Crippen LogP contribution >= 0.6 is 0 Å². The SMILES string of the molecule is COCCN(C(=O)Cn1nnc2ccccc21)C(C(=O)NC1CCCC1)c1cc(OC)cc(OC)c1. The maximum Gasteiger partial charge on any atom is 0.247 e. The molecule has 0 radical (unpaired) electrons. The Balaban J connectivity index is 1.71. The van der Waals surface area contributed by atoms with Gasteiger partial charge in [0.25, 0.3) is 0 Å². The van der Waals surface area contributed by atoms with Gasteiger partial charge >= 0.3 is 0 Å². The minimum Gasteiger partial charge on any atom is -0.497 e. The van der Waals surface area contributed by atoms with E-state index in [2.05, 4.69) is 15.6 Å². The van der Waals surface area contributed by atoms with Crippen LogP contribution < -0.4 is 14.8 Å². The number of fused-ring (bicyclic) bond motifs is 1. The van der Waals surface area contributed by atoms with Gasteiger partial charge in [-0.2, -0.15) is 0 Å². The Morgan fingerprint density at radius 2 is 1.78 bits per heavy atom. The number of hydrogen-bond donors (Lipinski definition) is 1. The van der Waals surface area contributed by atoms with Gasteiger partial charge in [-0.1, -0.05) is 30.2 Å². The van der Waals surface area contributed by atoms with Crippen molar-refractivity contribution in [1.29, 1.82) is 0 Å². The molecular weight excluding hydrogens is 462 g/mol. The van der Waals surface area contributed by atoms with Crippen LogP contribution in [-0.2, 0) is 20.9 Å². The van der Waals surface area contributed by atoms with Crippen molar-refractivity contribution in [2.45, 2.75) is 44.3 Å². The van der Waals surface area contributed by atoms with Crippen molar-refractivity contribution < 1.29 is 23.8 Å². The molecule has 1 aromatic heterocycles. The summed E-state index contributed by atoms with van der Waals surface area (Å²) >= 11 is 0. The molecule has 10 nitrogen and oxygen atoms in total. The molecule has 0 spiro atoms. The molecule has 1 fully saturated rings. The zero-order chi connectivity index (χ0) is 25.5. The molecule has 1 N–H and O–H groups in total. The standard InChI is InChI=1S/C26H33N5O5/c1-34-13-12-30(24(32)17-31-23-11-7-6-10-22(23)28-29-31)25(26(33)27-19-8-4-5-9-19)18-14-20(35-2)16-21(15-18)36-3/h6-7,10-11,14-16,19,25H,4-5,8-9,12-13,17H2,1-3H3,(H,27,33). The number of benzene rings is 2. The minimum atomic E-state index is -0.910. The van der Waals surface area contributed by atoms with E-state index < -0.39 is 6.04 Å². The highest BCUT2D eigenvalue weighted by atomic mass is 16.5. The number of para-hydroxylation sites is 1. The van der Waals surface area contributed by atoms with E-state index in [1.54, 1.807) is 49.1 Å². The molecule has 36 heavy (non-hydrogen) atoms. The highest BCUT2D eigenvalue weighted by Crippen LogP contribution is 2.31. The van der Waals surface area contributed by atoms with Gasteiger partial charge in [-0.25, -0.2) is 4.68 Å². The molecular formula is C26H33N5O5. The van der Waals surface area contributed by atoms with Crippen molar-refractivity contribution in [1.82, 2.24) is 25.2 Å². The van der Waals surface area contributed by atoms with E-state index in [4.69, 9.17) is 14.2 Å². The molecule has 4 rings (SSSR count). The molecule has 1 saturated carbocycles. The zero-order valence-corrected chi connectivity index (χ0v) is 21.0. The molecule has 1 aliphatic rings. The maximum absolute atomic E-state index is 13.8. The topological polar surface area (TPSA) is 108 Å². The van der Waals surface area contributed by atoms with Crippen LogP contribution in [0.5, 0.6) is 11.5 Å². The lowest BCUT2D eigenvalue weighted by Gasteiger charge is -2.32. The first-order chi connectivity index (χ1) is 17.5. The molecule has 2 aromatic carbocycles. The fraction of sp³-hybridized carbons (Fsp3) is 0.462. The van der Waals surface area contributed by atoms with Crippen LogP contribution in [0.25, 0.3) is 11.0 Å². The van der Waals surface area contributed by atoms with Crippen LogP contribution in [0, 0.1) is 0 Å². The number of rotatable bonds is 11. The summed E-state index contributed by atoms with van der Waals surface area (Å²) in [6, 6.07) is 11.9. The fourth-order valence-electron chi connectivity index (χ4n) is 4.65. The predicted molar refractivity (Wildman–Crippen MR) is 134 cm³/mol. The zero-order valence-electron chi connectivity index (χ0n) is 21.0. The second-order valence-electron chi connectivity index (χ2n) is 8.85. The Bertz CT molecular complexity index is 1170. The van der Waals surface area contributed by atoms with E-state index in [1.807, 2.05) is 24.3 Å². The molecule has 2 amide bonds. The lowest BCUT2D eigenvalue weighted by molar-refractivity contribution is -0.142. The number of carbonyl (C=O) groups is 2. The molecule has 0 aliphatic heterocycles. The largest absolute Gasteiger partial charge is 0.497 e. The number of amides is 2. The molecule has 1 aliphatic carbocycles. The van der Waals surface area contributed by atoms with Crippen molar-refractivity contribution in [3.05, 3.63) is 48.0 Å². The summed E-state index contributed by atoms with van der Waals surface area (Å²) in [5.74, 6) is 0.537. The van der Waals surface area contributed by atoms with Gasteiger partial charge in [0.2, 0.25) is 11.8 Å². The Kier molecular flexibility index (Phi) is 8.37. The van der Waals surface area contributed by atoms with E-state index in [1.165, 1.54) is 0 Å². The molecule has 1 atom stereocenters. The van der Waals surface area contributed by atoms with Gasteiger partial charge in [-0.3, -0.25) is 9.59 Å². The van der Waals surface area contributed by atoms with E-state index >= 15 is 0 Å². The van der Waals surface area contributed by atoms with E-state index in [0.29, 0.717) is 22.6 Å². The predicted octanol–water partition coefficient (Wildman–Crippen LogP) is 2.72. The third kappa shape index (κ3) is 5.76. The van der Waals surface area contributed by atoms with Crippen molar-refractivity contribution in [3.63, 3.8) is 0 Å². The van der Waals surface area contributed by atoms with Crippen molar-refractivity contribution >= 4 is 22.8 Å². The smallest absolute Gasteiger partial charge is 0.247 e. The number of carbonyl (C=O) groups excluding carboxylic acids is 2. The van der Waals surface area contributed by atoms with Crippen molar-refractivity contribution in [3.8, 4) is 11.5 Å². The van der Waals surface area contributed by atoms with E-state index in [0.717, 1.165) is 31.2 Å². The number of nitrogens with zero attached hydrogens (tertiary/aromatic N) is 4. The minimum absolute atomic E-state index is 0.0709. The average Bonchev–Trinajstić information content (AvgIpc) is 3.56. The summed E-state index contributed by atoms with van der Waals surface area (Å²) in [7, 11) is 4.67. The Morgan fingerprint density at radius 1 is 1.08 bits per heavy atom. The van der Waals surface area contributed by atoms with Gasteiger partial charge < -0.3 is 24.4 Å². The highest BCUT2D eigenvalue weighted by molar-refractivity contribution is 5.89. The molecule has 0 bridgehead atoms. The Morgan fingerprint density at radius 3 is 2.44 bits per heavy atom. The summed E-state index contributed by atoms with van der Waals surface area (Å²) in [6.07, 6.45) is 4.01. The van der Waals surface area contributed by atoms with Crippen LogP contribution in [0.1, 0.15) is 37.3 Å². The molecule has 0 saturated heterocycles. The summed E-state index contributed by atoms with van der Waals surface area (Å²) in [5.41, 5.74) is 2.03. The molecule has 192 valence electrons. The molecule has 1 unspecified atom stereocenters. The average molecular weight is 496 g/mol. The number of nitrogens with one attached hydrogen (secondary N) is 1. The van der Waals surface area contributed by atoms with Crippen LogP contribution in [0.3, 0.4) is 0 Å². The van der Waals surface area contributed by atoms with Gasteiger partial charge in [0.15, 0.2) is 0 Å². The lowest BCUT2D eigenvalue weighted by Crippen LogP contribution is -2.48. The summed E-state index contributed by atoms with van der Waals surface area (Å²) in [6.45, 7) is 0.404. The number of methoxy groups -OCH3 is 3. The van der Waals surface area contributed by atoms with Gasteiger partial charge in [0.05, 0.1) is 26.3 Å². The first-order valence-corrected chi connectivity index (χ1v) is 12.1. The van der Waals surface area contributed by atoms with Crippen molar-refractivity contribution in [2.75, 3.05) is 34.5 Å².